The van der Waals surface area contributed by atoms with Crippen LogP contribution in [0.5, 0.6) is 0 Å². The molecule has 13 heteroatoms. The third kappa shape index (κ3) is 4.13. The fourth-order valence-electron chi connectivity index (χ4n) is 2.79. The van der Waals surface area contributed by atoms with E-state index in [2.05, 4.69) is 15.0 Å². The van der Waals surface area contributed by atoms with Gasteiger partial charge in [0.25, 0.3) is 20.2 Å². The van der Waals surface area contributed by atoms with E-state index < -0.39 is 30.0 Å². The number of aromatic nitrogens is 3. The lowest BCUT2D eigenvalue weighted by Gasteiger charge is -2.15. The molecule has 1 heterocycles. The lowest BCUT2D eigenvalue weighted by atomic mass is 10.0. The number of benzene rings is 2. The Morgan fingerprint density at radius 3 is 1.93 bits per heavy atom. The lowest BCUT2D eigenvalue weighted by molar-refractivity contribution is 0.480. The van der Waals surface area contributed by atoms with E-state index in [0.717, 1.165) is 18.7 Å². The van der Waals surface area contributed by atoms with Gasteiger partial charge in [-0.3, -0.25) is 9.11 Å². The van der Waals surface area contributed by atoms with Gasteiger partial charge in [-0.2, -0.15) is 16.8 Å². The van der Waals surface area contributed by atoms with Gasteiger partial charge in [0.05, 0.1) is 11.4 Å². The molecular formula is C17H15N5O6S2. The maximum Gasteiger partial charge on any atom is 0.295 e. The summed E-state index contributed by atoms with van der Waals surface area (Å²) in [6.07, 6.45) is 2.28. The van der Waals surface area contributed by atoms with E-state index >= 15 is 0 Å². The highest BCUT2D eigenvalue weighted by Gasteiger charge is 2.26. The first-order valence-corrected chi connectivity index (χ1v) is 10.9. The molecule has 0 fully saturated rings. The molecular weight excluding hydrogens is 434 g/mol. The van der Waals surface area contributed by atoms with E-state index in [0.29, 0.717) is 0 Å². The van der Waals surface area contributed by atoms with Crippen LogP contribution in [-0.2, 0) is 20.2 Å². The molecule has 0 spiro atoms. The zero-order chi connectivity index (χ0) is 22.1. The monoisotopic (exact) mass is 449 g/mol. The summed E-state index contributed by atoms with van der Waals surface area (Å²) < 4.78 is 66.9. The third-order valence-corrected chi connectivity index (χ3v) is 5.91. The Morgan fingerprint density at radius 1 is 0.767 bits per heavy atom. The zero-order valence-electron chi connectivity index (χ0n) is 15.0. The van der Waals surface area contributed by atoms with E-state index in [1.165, 1.54) is 36.4 Å². The summed E-state index contributed by atoms with van der Waals surface area (Å²) >= 11 is 0. The number of hydrogen-bond donors (Lipinski definition) is 4. The Labute approximate surface area is 171 Å². The number of nitrogens with zero attached hydrogens (tertiary/aromatic N) is 3. The average molecular weight is 449 g/mol. The molecule has 30 heavy (non-hydrogen) atoms. The molecule has 0 amide bonds. The Morgan fingerprint density at radius 2 is 1.33 bits per heavy atom. The molecule has 0 aliphatic heterocycles. The number of hydrogen-bond acceptors (Lipinski definition) is 9. The van der Waals surface area contributed by atoms with Gasteiger partial charge in [-0.15, -0.1) is 0 Å². The van der Waals surface area contributed by atoms with Gasteiger partial charge in [0.15, 0.2) is 5.82 Å². The standard InChI is InChI=1S/C17H15N5O6S2/c18-14(10-4-1-2-7-13(10)29(23,24)25)15(19)11-5-3-6-12(16(11)30(26,27)28)17-21-8-20-9-22-17/h1-9H,18-19H2,(H,23,24,25)(H,26,27,28). The fraction of sp³-hybridized carbons (Fsp3) is 0. The summed E-state index contributed by atoms with van der Waals surface area (Å²) in [4.78, 5) is 10.3. The van der Waals surface area contributed by atoms with Crippen molar-refractivity contribution >= 4 is 31.6 Å². The highest BCUT2D eigenvalue weighted by molar-refractivity contribution is 7.86. The number of rotatable bonds is 5. The fourth-order valence-corrected chi connectivity index (χ4v) is 4.39. The topological polar surface area (TPSA) is 199 Å². The van der Waals surface area contributed by atoms with Crippen LogP contribution in [0.25, 0.3) is 22.8 Å². The van der Waals surface area contributed by atoms with Crippen molar-refractivity contribution in [3.05, 3.63) is 66.2 Å². The molecule has 2 aromatic carbocycles. The summed E-state index contributed by atoms with van der Waals surface area (Å²) in [6, 6.07) is 9.25. The highest BCUT2D eigenvalue weighted by atomic mass is 32.2. The molecule has 3 rings (SSSR count). The van der Waals surface area contributed by atoms with Crippen LogP contribution < -0.4 is 11.5 Å². The molecule has 0 atom stereocenters. The first-order chi connectivity index (χ1) is 14.0. The largest absolute Gasteiger partial charge is 0.397 e. The smallest absolute Gasteiger partial charge is 0.295 e. The van der Waals surface area contributed by atoms with Crippen LogP contribution >= 0.6 is 0 Å². The minimum atomic E-state index is -4.85. The molecule has 0 radical (unpaired) electrons. The molecule has 0 saturated carbocycles. The van der Waals surface area contributed by atoms with Crippen LogP contribution in [0.2, 0.25) is 0 Å². The quantitative estimate of drug-likeness (QED) is 0.317. The third-order valence-electron chi connectivity index (χ3n) is 4.04. The molecule has 0 aliphatic carbocycles. The van der Waals surface area contributed by atoms with Gasteiger partial charge in [-0.1, -0.05) is 30.3 Å². The van der Waals surface area contributed by atoms with Gasteiger partial charge < -0.3 is 11.5 Å². The summed E-state index contributed by atoms with van der Waals surface area (Å²) in [7, 11) is -9.50. The van der Waals surface area contributed by atoms with Crippen molar-refractivity contribution in [2.75, 3.05) is 0 Å². The van der Waals surface area contributed by atoms with E-state index in [1.807, 2.05) is 0 Å². The van der Waals surface area contributed by atoms with Crippen LogP contribution in [0.1, 0.15) is 11.1 Å². The summed E-state index contributed by atoms with van der Waals surface area (Å²) in [5.74, 6) is -0.0517. The molecule has 0 bridgehead atoms. The van der Waals surface area contributed by atoms with E-state index in [4.69, 9.17) is 11.5 Å². The zero-order valence-corrected chi connectivity index (χ0v) is 16.7. The minimum Gasteiger partial charge on any atom is -0.397 e. The van der Waals surface area contributed by atoms with E-state index in [1.54, 1.807) is 0 Å². The average Bonchev–Trinajstić information content (AvgIpc) is 2.71. The first kappa shape index (κ1) is 21.3. The Balaban J connectivity index is 2.35. The summed E-state index contributed by atoms with van der Waals surface area (Å²) in [6.45, 7) is 0. The molecule has 6 N–H and O–H groups in total. The first-order valence-electron chi connectivity index (χ1n) is 8.07. The summed E-state index contributed by atoms with van der Waals surface area (Å²) in [5.41, 5.74) is 11.0. The second kappa shape index (κ2) is 7.79. The normalized spacial score (nSPS) is 13.0. The van der Waals surface area contributed by atoms with Gasteiger partial charge in [-0.05, 0) is 12.1 Å². The molecule has 0 saturated heterocycles. The van der Waals surface area contributed by atoms with Gasteiger partial charge in [0, 0.05) is 16.7 Å². The molecule has 156 valence electrons. The van der Waals surface area contributed by atoms with Crippen molar-refractivity contribution < 1.29 is 25.9 Å². The molecule has 3 aromatic rings. The maximum atomic E-state index is 12.2. The lowest BCUT2D eigenvalue weighted by Crippen LogP contribution is -2.15. The molecule has 1 aromatic heterocycles. The van der Waals surface area contributed by atoms with Crippen molar-refractivity contribution in [1.82, 2.24) is 15.0 Å². The Bertz CT molecular complexity index is 1360. The highest BCUT2D eigenvalue weighted by Crippen LogP contribution is 2.33. The van der Waals surface area contributed by atoms with E-state index in [9.17, 15) is 25.9 Å². The van der Waals surface area contributed by atoms with Gasteiger partial charge >= 0.3 is 0 Å². The molecule has 0 aliphatic rings. The summed E-state index contributed by atoms with van der Waals surface area (Å²) in [5, 5.41) is 0. The van der Waals surface area contributed by atoms with Gasteiger partial charge in [0.1, 0.15) is 22.4 Å². The van der Waals surface area contributed by atoms with E-state index in [-0.39, 0.29) is 33.9 Å². The predicted molar refractivity (Wildman–Crippen MR) is 107 cm³/mol. The van der Waals surface area contributed by atoms with Crippen molar-refractivity contribution in [3.63, 3.8) is 0 Å². The SMILES string of the molecule is NC(=C(N)c1cccc(-c2ncncn2)c1S(=O)(=O)O)c1ccccc1S(=O)(=O)O. The van der Waals surface area contributed by atoms with Gasteiger partial charge in [-0.25, -0.2) is 15.0 Å². The number of nitrogens with two attached hydrogens (primary N) is 2. The maximum absolute atomic E-state index is 12.2. The van der Waals surface area contributed by atoms with Crippen molar-refractivity contribution in [2.24, 2.45) is 11.5 Å². The van der Waals surface area contributed by atoms with Crippen LogP contribution in [0.4, 0.5) is 0 Å². The van der Waals surface area contributed by atoms with Crippen LogP contribution in [0.15, 0.2) is 64.9 Å². The Kier molecular flexibility index (Phi) is 5.54. The second-order valence-electron chi connectivity index (χ2n) is 5.92. The van der Waals surface area contributed by atoms with Crippen LogP contribution in [-0.4, -0.2) is 40.9 Å². The van der Waals surface area contributed by atoms with Crippen molar-refractivity contribution in [3.8, 4) is 11.4 Å². The van der Waals surface area contributed by atoms with Crippen LogP contribution in [0, 0.1) is 0 Å². The molecule has 0 unspecified atom stereocenters. The van der Waals surface area contributed by atoms with Gasteiger partial charge in [0.2, 0.25) is 0 Å². The molecule has 11 nitrogen and oxygen atoms in total. The predicted octanol–water partition coefficient (Wildman–Crippen LogP) is 0.775. The van der Waals surface area contributed by atoms with Crippen molar-refractivity contribution in [2.45, 2.75) is 9.79 Å². The second-order valence-corrected chi connectivity index (χ2v) is 8.67. The minimum absolute atomic E-state index is 0.0517. The van der Waals surface area contributed by atoms with Crippen molar-refractivity contribution in [1.29, 1.82) is 0 Å². The van der Waals surface area contributed by atoms with Crippen LogP contribution in [0.3, 0.4) is 0 Å². The Hall–Kier alpha value is -3.39.